The lowest BCUT2D eigenvalue weighted by molar-refractivity contribution is 0.423. The summed E-state index contributed by atoms with van der Waals surface area (Å²) >= 11 is 7.87. The predicted molar refractivity (Wildman–Crippen MR) is 77.8 cm³/mol. The van der Waals surface area contributed by atoms with Crippen LogP contribution in [0.1, 0.15) is 43.0 Å². The lowest BCUT2D eigenvalue weighted by Gasteiger charge is -2.10. The van der Waals surface area contributed by atoms with Crippen LogP contribution in [0.2, 0.25) is 5.15 Å². The molecule has 0 saturated heterocycles. The van der Waals surface area contributed by atoms with Gasteiger partial charge in [-0.05, 0) is 30.2 Å². The van der Waals surface area contributed by atoms with Crippen molar-refractivity contribution in [3.05, 3.63) is 16.4 Å². The lowest BCUT2D eigenvalue weighted by Crippen LogP contribution is -2.08. The number of halogens is 1. The van der Waals surface area contributed by atoms with Gasteiger partial charge >= 0.3 is 0 Å². The molecule has 0 amide bonds. The van der Waals surface area contributed by atoms with Crippen molar-refractivity contribution < 1.29 is 0 Å². The molecule has 20 heavy (non-hydrogen) atoms. The highest BCUT2D eigenvalue weighted by atomic mass is 35.5. The monoisotopic (exact) mass is 312 g/mol. The maximum Gasteiger partial charge on any atom is 0.209 e. The molecule has 0 atom stereocenters. The summed E-state index contributed by atoms with van der Waals surface area (Å²) in [5.74, 6) is 0.742. The third-order valence-corrected chi connectivity index (χ3v) is 5.18. The minimum atomic E-state index is 0.456. The highest BCUT2D eigenvalue weighted by Crippen LogP contribution is 2.33. The number of hydrogen-bond acceptors (Lipinski definition) is 5. The third-order valence-electron chi connectivity index (χ3n) is 3.75. The molecule has 0 spiro atoms. The Balaban J connectivity index is 1.74. The van der Waals surface area contributed by atoms with Crippen molar-refractivity contribution in [3.63, 3.8) is 0 Å². The fourth-order valence-corrected chi connectivity index (χ4v) is 3.98. The Kier molecular flexibility index (Phi) is 3.98. The maximum absolute atomic E-state index is 6.25. The molecule has 8 heteroatoms. The second kappa shape index (κ2) is 5.73. The number of nitrogens with zero attached hydrogens (tertiary/aromatic N) is 6. The van der Waals surface area contributed by atoms with Gasteiger partial charge in [-0.15, -0.1) is 5.10 Å². The van der Waals surface area contributed by atoms with Crippen LogP contribution in [-0.2, 0) is 12.8 Å². The molecule has 0 unspecified atom stereocenters. The van der Waals surface area contributed by atoms with Crippen molar-refractivity contribution >= 4 is 23.4 Å². The number of tetrazole rings is 1. The number of aromatic nitrogens is 6. The fraction of sp³-hybridized carbons (Fsp3) is 0.667. The standard InChI is InChI=1S/C12H17ClN6S/c1-8-10(11(13)18(2)15-8)7-20-12-14-16-17-19(12)9-5-3-4-6-9/h9H,3-7H2,1-2H3. The van der Waals surface area contributed by atoms with E-state index in [1.165, 1.54) is 25.7 Å². The first-order chi connectivity index (χ1) is 9.66. The largest absolute Gasteiger partial charge is 0.257 e. The smallest absolute Gasteiger partial charge is 0.209 e. The zero-order valence-corrected chi connectivity index (χ0v) is 13.2. The molecule has 3 rings (SSSR count). The van der Waals surface area contributed by atoms with E-state index in [9.17, 15) is 0 Å². The topological polar surface area (TPSA) is 61.4 Å². The first kappa shape index (κ1) is 13.9. The average Bonchev–Trinajstić information content (AvgIpc) is 3.11. The van der Waals surface area contributed by atoms with E-state index in [2.05, 4.69) is 20.6 Å². The van der Waals surface area contributed by atoms with Crippen LogP contribution in [0.25, 0.3) is 0 Å². The molecule has 6 nitrogen and oxygen atoms in total. The van der Waals surface area contributed by atoms with E-state index in [4.69, 9.17) is 11.6 Å². The van der Waals surface area contributed by atoms with Gasteiger partial charge in [-0.25, -0.2) is 4.68 Å². The fourth-order valence-electron chi connectivity index (χ4n) is 2.63. The van der Waals surface area contributed by atoms with Gasteiger partial charge in [-0.3, -0.25) is 4.68 Å². The van der Waals surface area contributed by atoms with Crippen molar-refractivity contribution in [1.82, 2.24) is 30.0 Å². The molecule has 2 heterocycles. The number of aryl methyl sites for hydroxylation is 2. The SMILES string of the molecule is Cc1nn(C)c(Cl)c1CSc1nnnn1C1CCCC1. The molecule has 1 saturated carbocycles. The van der Waals surface area contributed by atoms with Gasteiger partial charge < -0.3 is 0 Å². The van der Waals surface area contributed by atoms with E-state index in [0.29, 0.717) is 11.2 Å². The van der Waals surface area contributed by atoms with E-state index in [1.807, 2.05) is 18.7 Å². The highest BCUT2D eigenvalue weighted by molar-refractivity contribution is 7.98. The van der Waals surface area contributed by atoms with Crippen molar-refractivity contribution in [3.8, 4) is 0 Å². The Bertz CT molecular complexity index is 601. The van der Waals surface area contributed by atoms with Gasteiger partial charge in [-0.2, -0.15) is 5.10 Å². The van der Waals surface area contributed by atoms with E-state index in [-0.39, 0.29) is 0 Å². The molecular formula is C12H17ClN6S. The van der Waals surface area contributed by atoms with Crippen LogP contribution >= 0.6 is 23.4 Å². The third kappa shape index (κ3) is 2.56. The van der Waals surface area contributed by atoms with Crippen LogP contribution in [0.3, 0.4) is 0 Å². The Hall–Kier alpha value is -1.08. The summed E-state index contributed by atoms with van der Waals surface area (Å²) in [6, 6.07) is 0.456. The Morgan fingerprint density at radius 2 is 2.10 bits per heavy atom. The average molecular weight is 313 g/mol. The van der Waals surface area contributed by atoms with Crippen LogP contribution in [0.5, 0.6) is 0 Å². The van der Waals surface area contributed by atoms with Crippen LogP contribution in [-0.4, -0.2) is 30.0 Å². The second-order valence-corrected chi connectivity index (χ2v) is 6.41. The van der Waals surface area contributed by atoms with Gasteiger partial charge in [0, 0.05) is 18.4 Å². The molecule has 2 aromatic rings. The summed E-state index contributed by atoms with van der Waals surface area (Å²) in [6.07, 6.45) is 4.88. The van der Waals surface area contributed by atoms with Gasteiger partial charge in [0.25, 0.3) is 0 Å². The summed E-state index contributed by atoms with van der Waals surface area (Å²) < 4.78 is 3.67. The number of hydrogen-bond donors (Lipinski definition) is 0. The lowest BCUT2D eigenvalue weighted by atomic mass is 10.3. The first-order valence-corrected chi connectivity index (χ1v) is 8.12. The molecule has 0 N–H and O–H groups in total. The molecule has 1 aliphatic carbocycles. The Morgan fingerprint density at radius 1 is 1.35 bits per heavy atom. The summed E-state index contributed by atoms with van der Waals surface area (Å²) in [5.41, 5.74) is 2.02. The predicted octanol–water partition coefficient (Wildman–Crippen LogP) is 2.78. The van der Waals surface area contributed by atoms with E-state index >= 15 is 0 Å². The van der Waals surface area contributed by atoms with Gasteiger partial charge in [0.2, 0.25) is 5.16 Å². The van der Waals surface area contributed by atoms with Crippen molar-refractivity contribution in [1.29, 1.82) is 0 Å². The van der Waals surface area contributed by atoms with Gasteiger partial charge in [0.15, 0.2) is 0 Å². The summed E-state index contributed by atoms with van der Waals surface area (Å²) in [5, 5.41) is 18.0. The molecule has 0 radical (unpaired) electrons. The molecule has 2 aromatic heterocycles. The summed E-state index contributed by atoms with van der Waals surface area (Å²) in [7, 11) is 1.85. The van der Waals surface area contributed by atoms with Crippen molar-refractivity contribution in [2.75, 3.05) is 0 Å². The summed E-state index contributed by atoms with van der Waals surface area (Å²) in [4.78, 5) is 0. The van der Waals surface area contributed by atoms with Gasteiger partial charge in [0.05, 0.1) is 11.7 Å². The molecule has 0 bridgehead atoms. The quantitative estimate of drug-likeness (QED) is 0.812. The second-order valence-electron chi connectivity index (χ2n) is 5.11. The number of thioether (sulfide) groups is 1. The molecule has 1 fully saturated rings. The molecule has 0 aromatic carbocycles. The maximum atomic E-state index is 6.25. The minimum Gasteiger partial charge on any atom is -0.257 e. The first-order valence-electron chi connectivity index (χ1n) is 6.75. The van der Waals surface area contributed by atoms with Crippen molar-refractivity contribution in [2.45, 2.75) is 49.6 Å². The van der Waals surface area contributed by atoms with E-state index in [0.717, 1.165) is 22.2 Å². The highest BCUT2D eigenvalue weighted by Gasteiger charge is 2.22. The molecule has 0 aliphatic heterocycles. The molecular weight excluding hydrogens is 296 g/mol. The molecule has 108 valence electrons. The zero-order valence-electron chi connectivity index (χ0n) is 11.6. The number of rotatable bonds is 4. The van der Waals surface area contributed by atoms with Crippen LogP contribution < -0.4 is 0 Å². The van der Waals surface area contributed by atoms with Gasteiger partial charge in [0.1, 0.15) is 5.15 Å². The van der Waals surface area contributed by atoms with Crippen molar-refractivity contribution in [2.24, 2.45) is 7.05 Å². The molecule has 1 aliphatic rings. The minimum absolute atomic E-state index is 0.456. The van der Waals surface area contributed by atoms with Crippen LogP contribution in [0.15, 0.2) is 5.16 Å². The Morgan fingerprint density at radius 3 is 2.75 bits per heavy atom. The normalized spacial score (nSPS) is 16.1. The zero-order chi connectivity index (χ0) is 14.1. The van der Waals surface area contributed by atoms with Crippen LogP contribution in [0, 0.1) is 6.92 Å². The van der Waals surface area contributed by atoms with E-state index in [1.54, 1.807) is 16.4 Å². The van der Waals surface area contributed by atoms with E-state index < -0.39 is 0 Å². The van der Waals surface area contributed by atoms with Crippen LogP contribution in [0.4, 0.5) is 0 Å². The summed E-state index contributed by atoms with van der Waals surface area (Å²) in [6.45, 7) is 1.97. The Labute approximate surface area is 126 Å². The van der Waals surface area contributed by atoms with Gasteiger partial charge in [-0.1, -0.05) is 36.2 Å².